The van der Waals surface area contributed by atoms with Gasteiger partial charge in [-0.1, -0.05) is 0 Å². The molecule has 2 unspecified atom stereocenters. The minimum atomic E-state index is -0.702. The number of nitrogens with one attached hydrogen (secondary N) is 2. The van der Waals surface area contributed by atoms with Gasteiger partial charge in [-0.05, 0) is 25.8 Å². The average Bonchev–Trinajstić information content (AvgIpc) is 2.37. The molecule has 4 nitrogen and oxygen atoms in total. The molecule has 1 aliphatic rings. The first-order chi connectivity index (χ1) is 7.18. The normalized spacial score (nSPS) is 24.3. The number of amides is 1. The third-order valence-electron chi connectivity index (χ3n) is 2.52. The molecule has 0 radical (unpaired) electrons. The second kappa shape index (κ2) is 6.95. The molecule has 0 bridgehead atoms. The average molecular weight is 232 g/mol. The molecule has 1 fully saturated rings. The largest absolute Gasteiger partial charge is 0.356 e. The predicted octanol–water partition coefficient (Wildman–Crippen LogP) is 0.0133. The molecule has 1 heterocycles. The molecule has 15 heavy (non-hydrogen) atoms. The van der Waals surface area contributed by atoms with Crippen LogP contribution in [0.15, 0.2) is 0 Å². The van der Waals surface area contributed by atoms with Crippen LogP contribution in [0.25, 0.3) is 0 Å². The molecule has 5 heteroatoms. The van der Waals surface area contributed by atoms with Gasteiger partial charge in [-0.3, -0.25) is 9.00 Å². The molecule has 0 saturated carbocycles. The highest BCUT2D eigenvalue weighted by Gasteiger charge is 2.15. The summed E-state index contributed by atoms with van der Waals surface area (Å²) in [5.74, 6) is 0.885. The van der Waals surface area contributed by atoms with E-state index < -0.39 is 10.8 Å². The van der Waals surface area contributed by atoms with Crippen molar-refractivity contribution in [2.75, 3.05) is 25.1 Å². The highest BCUT2D eigenvalue weighted by Crippen LogP contribution is 2.05. The van der Waals surface area contributed by atoms with Gasteiger partial charge in [0, 0.05) is 41.8 Å². The zero-order valence-electron chi connectivity index (χ0n) is 9.25. The SMILES string of the molecule is CS(=O)CCCNC1CCCNC(=O)C1. The summed E-state index contributed by atoms with van der Waals surface area (Å²) in [6.07, 6.45) is 5.31. The highest BCUT2D eigenvalue weighted by molar-refractivity contribution is 7.84. The molecule has 0 aromatic rings. The summed E-state index contributed by atoms with van der Waals surface area (Å²) in [7, 11) is -0.702. The molecule has 0 aromatic carbocycles. The van der Waals surface area contributed by atoms with E-state index in [-0.39, 0.29) is 5.91 Å². The maximum Gasteiger partial charge on any atom is 0.221 e. The fourth-order valence-corrected chi connectivity index (χ4v) is 2.28. The van der Waals surface area contributed by atoms with Gasteiger partial charge in [0.25, 0.3) is 0 Å². The first-order valence-corrected chi connectivity index (χ1v) is 7.21. The van der Waals surface area contributed by atoms with Crippen LogP contribution in [0.4, 0.5) is 0 Å². The molecule has 1 aliphatic heterocycles. The van der Waals surface area contributed by atoms with Crippen LogP contribution in [-0.2, 0) is 15.6 Å². The highest BCUT2D eigenvalue weighted by atomic mass is 32.2. The molecule has 1 amide bonds. The van der Waals surface area contributed by atoms with Crippen molar-refractivity contribution < 1.29 is 9.00 Å². The minimum absolute atomic E-state index is 0.143. The quantitative estimate of drug-likeness (QED) is 0.657. The zero-order valence-corrected chi connectivity index (χ0v) is 10.1. The monoisotopic (exact) mass is 232 g/mol. The number of rotatable bonds is 5. The Balaban J connectivity index is 2.13. The van der Waals surface area contributed by atoms with E-state index >= 15 is 0 Å². The van der Waals surface area contributed by atoms with Crippen molar-refractivity contribution in [2.24, 2.45) is 0 Å². The van der Waals surface area contributed by atoms with Crippen LogP contribution in [0, 0.1) is 0 Å². The Morgan fingerprint density at radius 3 is 3.13 bits per heavy atom. The van der Waals surface area contributed by atoms with Crippen molar-refractivity contribution in [1.29, 1.82) is 0 Å². The molecular weight excluding hydrogens is 212 g/mol. The molecular formula is C10H20N2O2S. The zero-order chi connectivity index (χ0) is 11.1. The third-order valence-corrected chi connectivity index (χ3v) is 3.39. The smallest absolute Gasteiger partial charge is 0.221 e. The van der Waals surface area contributed by atoms with Gasteiger partial charge in [-0.2, -0.15) is 0 Å². The van der Waals surface area contributed by atoms with Gasteiger partial charge in [0.15, 0.2) is 0 Å². The van der Waals surface area contributed by atoms with Crippen LogP contribution >= 0.6 is 0 Å². The summed E-state index contributed by atoms with van der Waals surface area (Å²) in [6.45, 7) is 1.66. The Labute approximate surface area is 93.7 Å². The van der Waals surface area contributed by atoms with E-state index in [4.69, 9.17) is 0 Å². The molecule has 1 saturated heterocycles. The lowest BCUT2D eigenvalue weighted by Crippen LogP contribution is -2.33. The van der Waals surface area contributed by atoms with E-state index in [2.05, 4.69) is 10.6 Å². The predicted molar refractivity (Wildman–Crippen MR) is 62.2 cm³/mol. The Bertz CT molecular complexity index is 233. The number of hydrogen-bond donors (Lipinski definition) is 2. The van der Waals surface area contributed by atoms with E-state index in [0.717, 1.165) is 38.1 Å². The first-order valence-electron chi connectivity index (χ1n) is 5.48. The summed E-state index contributed by atoms with van der Waals surface area (Å²) < 4.78 is 10.8. The van der Waals surface area contributed by atoms with Gasteiger partial charge < -0.3 is 10.6 Å². The fourth-order valence-electron chi connectivity index (χ4n) is 1.73. The van der Waals surface area contributed by atoms with Gasteiger partial charge >= 0.3 is 0 Å². The summed E-state index contributed by atoms with van der Waals surface area (Å²) >= 11 is 0. The maximum atomic E-state index is 11.2. The van der Waals surface area contributed by atoms with Crippen LogP contribution in [-0.4, -0.2) is 41.3 Å². The van der Waals surface area contributed by atoms with E-state index in [9.17, 15) is 9.00 Å². The van der Waals surface area contributed by atoms with Crippen molar-refractivity contribution in [3.63, 3.8) is 0 Å². The lowest BCUT2D eigenvalue weighted by molar-refractivity contribution is -0.121. The van der Waals surface area contributed by atoms with E-state index in [1.807, 2.05) is 0 Å². The minimum Gasteiger partial charge on any atom is -0.356 e. The lowest BCUT2D eigenvalue weighted by atomic mass is 10.1. The molecule has 2 atom stereocenters. The van der Waals surface area contributed by atoms with Gasteiger partial charge in [-0.25, -0.2) is 0 Å². The van der Waals surface area contributed by atoms with Crippen LogP contribution in [0.5, 0.6) is 0 Å². The Morgan fingerprint density at radius 1 is 1.60 bits per heavy atom. The second-order valence-electron chi connectivity index (χ2n) is 3.98. The van der Waals surface area contributed by atoms with Crippen molar-refractivity contribution in [3.8, 4) is 0 Å². The Hall–Kier alpha value is -0.420. The lowest BCUT2D eigenvalue weighted by Gasteiger charge is -2.14. The first kappa shape index (κ1) is 12.6. The van der Waals surface area contributed by atoms with Crippen LogP contribution in [0.2, 0.25) is 0 Å². The van der Waals surface area contributed by atoms with Crippen LogP contribution in [0.3, 0.4) is 0 Å². The van der Waals surface area contributed by atoms with Crippen molar-refractivity contribution in [1.82, 2.24) is 10.6 Å². The van der Waals surface area contributed by atoms with Crippen molar-refractivity contribution >= 4 is 16.7 Å². The third kappa shape index (κ3) is 5.89. The van der Waals surface area contributed by atoms with Gasteiger partial charge in [-0.15, -0.1) is 0 Å². The summed E-state index contributed by atoms with van der Waals surface area (Å²) in [5.41, 5.74) is 0. The number of carbonyl (C=O) groups excluding carboxylic acids is 1. The van der Waals surface area contributed by atoms with Gasteiger partial charge in [0.05, 0.1) is 0 Å². The van der Waals surface area contributed by atoms with Crippen LogP contribution < -0.4 is 10.6 Å². The standard InChI is InChI=1S/C10H20N2O2S/c1-15(14)7-3-6-11-9-4-2-5-12-10(13)8-9/h9,11H,2-8H2,1H3,(H,12,13). The van der Waals surface area contributed by atoms with E-state index in [0.29, 0.717) is 12.5 Å². The molecule has 88 valence electrons. The van der Waals surface area contributed by atoms with Gasteiger partial charge in [0.1, 0.15) is 0 Å². The molecule has 2 N–H and O–H groups in total. The molecule has 0 spiro atoms. The Morgan fingerprint density at radius 2 is 2.40 bits per heavy atom. The topological polar surface area (TPSA) is 58.2 Å². The van der Waals surface area contributed by atoms with Gasteiger partial charge in [0.2, 0.25) is 5.91 Å². The maximum absolute atomic E-state index is 11.2. The van der Waals surface area contributed by atoms with E-state index in [1.165, 1.54) is 0 Å². The molecule has 0 aromatic heterocycles. The number of carbonyl (C=O) groups is 1. The fraction of sp³-hybridized carbons (Fsp3) is 0.900. The van der Waals surface area contributed by atoms with E-state index in [1.54, 1.807) is 6.26 Å². The summed E-state index contributed by atoms with van der Waals surface area (Å²) in [4.78, 5) is 11.2. The van der Waals surface area contributed by atoms with Crippen LogP contribution in [0.1, 0.15) is 25.7 Å². The van der Waals surface area contributed by atoms with Crippen molar-refractivity contribution in [3.05, 3.63) is 0 Å². The second-order valence-corrected chi connectivity index (χ2v) is 5.53. The summed E-state index contributed by atoms with van der Waals surface area (Å²) in [5, 5.41) is 6.21. The summed E-state index contributed by atoms with van der Waals surface area (Å²) in [6, 6.07) is 0.304. The number of hydrogen-bond acceptors (Lipinski definition) is 3. The Kier molecular flexibility index (Phi) is 5.86. The molecule has 1 rings (SSSR count). The molecule has 0 aliphatic carbocycles. The van der Waals surface area contributed by atoms with Crippen molar-refractivity contribution in [2.45, 2.75) is 31.7 Å².